The monoisotopic (exact) mass is 367 g/mol. The van der Waals surface area contributed by atoms with Crippen LogP contribution in [0.1, 0.15) is 31.1 Å². The van der Waals surface area contributed by atoms with Crippen molar-refractivity contribution in [2.24, 2.45) is 5.92 Å². The number of ether oxygens (including phenoxy) is 1. The fourth-order valence-electron chi connectivity index (χ4n) is 2.00. The first kappa shape index (κ1) is 20.4. The maximum atomic E-state index is 12.7. The third-order valence-corrected chi connectivity index (χ3v) is 4.72. The highest BCUT2D eigenvalue weighted by Crippen LogP contribution is 2.24. The highest BCUT2D eigenvalue weighted by molar-refractivity contribution is 7.89. The van der Waals surface area contributed by atoms with Crippen molar-refractivity contribution in [2.45, 2.75) is 31.8 Å². The molecule has 0 saturated carbocycles. The molecule has 1 aromatic rings. The molecule has 0 fully saturated rings. The van der Waals surface area contributed by atoms with Crippen LogP contribution in [-0.2, 0) is 14.8 Å². The summed E-state index contributed by atoms with van der Waals surface area (Å²) in [6, 6.07) is 4.81. The Morgan fingerprint density at radius 3 is 2.42 bits per heavy atom. The lowest BCUT2D eigenvalue weighted by Crippen LogP contribution is -2.41. The summed E-state index contributed by atoms with van der Waals surface area (Å²) < 4.78 is 68.4. The maximum Gasteiger partial charge on any atom is 0.402 e. The third kappa shape index (κ3) is 5.79. The minimum atomic E-state index is -4.67. The highest BCUT2D eigenvalue weighted by Gasteiger charge is 2.37. The van der Waals surface area contributed by atoms with Crippen LogP contribution < -0.4 is 0 Å². The zero-order chi connectivity index (χ0) is 18.5. The first-order valence-electron chi connectivity index (χ1n) is 7.31. The number of hydrogen-bond acceptors (Lipinski definition) is 4. The van der Waals surface area contributed by atoms with Gasteiger partial charge in [-0.25, -0.2) is 13.2 Å². The molecular formula is C15H20F3NO4S. The van der Waals surface area contributed by atoms with Gasteiger partial charge in [0.2, 0.25) is 10.0 Å². The molecule has 0 heterocycles. The molecule has 0 radical (unpaired) electrons. The van der Waals surface area contributed by atoms with Gasteiger partial charge in [0.15, 0.2) is 0 Å². The lowest BCUT2D eigenvalue weighted by atomic mass is 10.2. The molecule has 136 valence electrons. The van der Waals surface area contributed by atoms with E-state index in [4.69, 9.17) is 4.74 Å². The van der Waals surface area contributed by atoms with Crippen molar-refractivity contribution in [1.82, 2.24) is 4.31 Å². The Bertz CT molecular complexity index is 672. The van der Waals surface area contributed by atoms with Gasteiger partial charge < -0.3 is 4.74 Å². The van der Waals surface area contributed by atoms with E-state index in [2.05, 4.69) is 0 Å². The molecule has 1 rings (SSSR count). The summed E-state index contributed by atoms with van der Waals surface area (Å²) in [5.74, 6) is -1.03. The van der Waals surface area contributed by atoms with E-state index >= 15 is 0 Å². The van der Waals surface area contributed by atoms with Gasteiger partial charge in [-0.15, -0.1) is 0 Å². The topological polar surface area (TPSA) is 63.7 Å². The fraction of sp³-hybridized carbons (Fsp3) is 0.533. The molecule has 5 nitrogen and oxygen atoms in total. The normalized spacial score (nSPS) is 12.7. The van der Waals surface area contributed by atoms with Crippen LogP contribution in [0.5, 0.6) is 0 Å². The van der Waals surface area contributed by atoms with E-state index in [-0.39, 0.29) is 29.5 Å². The molecule has 0 unspecified atom stereocenters. The van der Waals surface area contributed by atoms with Crippen LogP contribution in [0.4, 0.5) is 13.2 Å². The predicted molar refractivity (Wildman–Crippen MR) is 82.1 cm³/mol. The second-order valence-electron chi connectivity index (χ2n) is 5.55. The molecule has 0 N–H and O–H groups in total. The van der Waals surface area contributed by atoms with Crippen LogP contribution in [0, 0.1) is 5.92 Å². The molecule has 0 aliphatic heterocycles. The molecule has 0 aromatic heterocycles. The van der Waals surface area contributed by atoms with E-state index < -0.39 is 28.7 Å². The molecule has 0 spiro atoms. The molecule has 0 saturated heterocycles. The zero-order valence-corrected chi connectivity index (χ0v) is 14.4. The number of hydrogen-bond donors (Lipinski definition) is 0. The fourth-order valence-corrected chi connectivity index (χ4v) is 3.64. The van der Waals surface area contributed by atoms with Crippen molar-refractivity contribution >= 4 is 16.0 Å². The summed E-state index contributed by atoms with van der Waals surface area (Å²) >= 11 is 0. The number of esters is 1. The average Bonchev–Trinajstić information content (AvgIpc) is 2.45. The molecule has 9 heteroatoms. The van der Waals surface area contributed by atoms with Gasteiger partial charge in [-0.2, -0.15) is 17.5 Å². The molecule has 0 amide bonds. The molecule has 0 bridgehead atoms. The van der Waals surface area contributed by atoms with E-state index in [1.165, 1.54) is 12.1 Å². The third-order valence-electron chi connectivity index (χ3n) is 2.91. The van der Waals surface area contributed by atoms with Crippen LogP contribution in [-0.4, -0.2) is 44.6 Å². The van der Waals surface area contributed by atoms with Crippen molar-refractivity contribution in [3.8, 4) is 0 Å². The minimum absolute atomic E-state index is 0.0329. The molecule has 0 aliphatic rings. The second kappa shape index (κ2) is 7.98. The summed E-state index contributed by atoms with van der Waals surface area (Å²) in [5, 5.41) is 0. The molecule has 24 heavy (non-hydrogen) atoms. The predicted octanol–water partition coefficient (Wildman–Crippen LogP) is 3.07. The summed E-state index contributed by atoms with van der Waals surface area (Å²) in [6.45, 7) is 3.06. The first-order valence-corrected chi connectivity index (χ1v) is 8.75. The summed E-state index contributed by atoms with van der Waals surface area (Å²) in [7, 11) is -4.39. The van der Waals surface area contributed by atoms with Gasteiger partial charge in [-0.1, -0.05) is 19.9 Å². The first-order chi connectivity index (χ1) is 11.0. The number of carbonyl (C=O) groups excluding carboxylic acids is 1. The Hall–Kier alpha value is -1.61. The van der Waals surface area contributed by atoms with Crippen LogP contribution in [0.3, 0.4) is 0 Å². The number of halogens is 3. The lowest BCUT2D eigenvalue weighted by molar-refractivity contribution is -0.136. The Morgan fingerprint density at radius 1 is 1.29 bits per heavy atom. The van der Waals surface area contributed by atoms with Crippen molar-refractivity contribution < 1.29 is 31.1 Å². The van der Waals surface area contributed by atoms with Crippen molar-refractivity contribution in [2.75, 3.05) is 19.7 Å². The Balaban J connectivity index is 3.23. The van der Waals surface area contributed by atoms with Gasteiger partial charge in [0.25, 0.3) is 0 Å². The smallest absolute Gasteiger partial charge is 0.402 e. The number of rotatable bonds is 7. The zero-order valence-electron chi connectivity index (χ0n) is 13.6. The summed E-state index contributed by atoms with van der Waals surface area (Å²) in [5.41, 5.74) is -0.0329. The lowest BCUT2D eigenvalue weighted by Gasteiger charge is -2.25. The van der Waals surface area contributed by atoms with E-state index in [1.54, 1.807) is 20.8 Å². The molecule has 1 aromatic carbocycles. The van der Waals surface area contributed by atoms with Crippen molar-refractivity contribution in [3.05, 3.63) is 29.8 Å². The Kier molecular flexibility index (Phi) is 6.79. The van der Waals surface area contributed by atoms with Crippen molar-refractivity contribution in [3.63, 3.8) is 0 Å². The van der Waals surface area contributed by atoms with Gasteiger partial charge in [-0.3, -0.25) is 0 Å². The number of nitrogens with zero attached hydrogens (tertiary/aromatic N) is 1. The van der Waals surface area contributed by atoms with E-state index in [0.717, 1.165) is 12.1 Å². The molecule has 0 aliphatic carbocycles. The minimum Gasteiger partial charge on any atom is -0.462 e. The van der Waals surface area contributed by atoms with E-state index in [0.29, 0.717) is 4.31 Å². The van der Waals surface area contributed by atoms with Crippen LogP contribution in [0.25, 0.3) is 0 Å². The van der Waals surface area contributed by atoms with Crippen molar-refractivity contribution in [1.29, 1.82) is 0 Å². The van der Waals surface area contributed by atoms with E-state index in [1.807, 2.05) is 0 Å². The number of benzene rings is 1. The summed E-state index contributed by atoms with van der Waals surface area (Å²) in [6.07, 6.45) is -4.67. The Morgan fingerprint density at radius 2 is 1.92 bits per heavy atom. The molecular weight excluding hydrogens is 347 g/mol. The van der Waals surface area contributed by atoms with Crippen LogP contribution in [0.15, 0.2) is 29.2 Å². The van der Waals surface area contributed by atoms with E-state index in [9.17, 15) is 26.4 Å². The number of carbonyl (C=O) groups is 1. The number of sulfonamides is 1. The Labute approximate surface area is 139 Å². The van der Waals surface area contributed by atoms with Crippen LogP contribution in [0.2, 0.25) is 0 Å². The molecule has 0 atom stereocenters. The second-order valence-corrected chi connectivity index (χ2v) is 7.49. The van der Waals surface area contributed by atoms with Gasteiger partial charge in [0.1, 0.15) is 6.54 Å². The van der Waals surface area contributed by atoms with Gasteiger partial charge in [0.05, 0.1) is 17.1 Å². The van der Waals surface area contributed by atoms with Gasteiger partial charge in [-0.05, 0) is 31.0 Å². The largest absolute Gasteiger partial charge is 0.462 e. The summed E-state index contributed by atoms with van der Waals surface area (Å²) in [4.78, 5) is 11.3. The van der Waals surface area contributed by atoms with Gasteiger partial charge in [0, 0.05) is 6.54 Å². The van der Waals surface area contributed by atoms with Crippen LogP contribution >= 0.6 is 0 Å². The maximum absolute atomic E-state index is 12.7. The number of alkyl halides is 3. The quantitative estimate of drug-likeness (QED) is 0.695. The highest BCUT2D eigenvalue weighted by atomic mass is 32.2. The van der Waals surface area contributed by atoms with Gasteiger partial charge >= 0.3 is 12.1 Å². The SMILES string of the molecule is CCOC(=O)c1cccc(S(=O)(=O)N(CC(C)C)CC(F)(F)F)c1. The average molecular weight is 367 g/mol. The standard InChI is InChI=1S/C15H20F3NO4S/c1-4-23-14(20)12-6-5-7-13(8-12)24(21,22)19(9-11(2)3)10-15(16,17)18/h5-8,11H,4,9-10H2,1-3H3.